The third kappa shape index (κ3) is 4.89. The van der Waals surface area contributed by atoms with Crippen LogP contribution in [-0.2, 0) is 11.3 Å². The van der Waals surface area contributed by atoms with Crippen LogP contribution in [0.15, 0.2) is 55.4 Å². The van der Waals surface area contributed by atoms with Gasteiger partial charge in [-0.1, -0.05) is 18.2 Å². The van der Waals surface area contributed by atoms with E-state index in [0.29, 0.717) is 12.0 Å². The number of rotatable bonds is 7. The van der Waals surface area contributed by atoms with E-state index in [1.807, 2.05) is 23.1 Å². The van der Waals surface area contributed by atoms with Crippen LogP contribution in [0.2, 0.25) is 0 Å². The topological polar surface area (TPSA) is 56.1 Å². The number of nitrogens with zero attached hydrogens (tertiary/aromatic N) is 5. The smallest absolute Gasteiger partial charge is 0.138 e. The maximum atomic E-state index is 5.57. The van der Waals surface area contributed by atoms with Gasteiger partial charge in [-0.05, 0) is 61.4 Å². The molecule has 3 aromatic rings. The lowest BCUT2D eigenvalue weighted by Gasteiger charge is -2.34. The summed E-state index contributed by atoms with van der Waals surface area (Å²) in [5.74, 6) is 0.679. The van der Waals surface area contributed by atoms with Crippen LogP contribution < -0.4 is 0 Å². The summed E-state index contributed by atoms with van der Waals surface area (Å²) in [7, 11) is 0. The number of aryl methyl sites for hydroxylation is 1. The molecule has 0 aliphatic carbocycles. The Morgan fingerprint density at radius 3 is 2.76 bits per heavy atom. The molecular weight excluding hydrogens is 362 g/mol. The molecule has 0 bridgehead atoms. The summed E-state index contributed by atoms with van der Waals surface area (Å²) in [6.07, 6.45) is 9.41. The molecule has 6 heteroatoms. The van der Waals surface area contributed by atoms with Crippen molar-refractivity contribution in [3.05, 3.63) is 72.1 Å². The van der Waals surface area contributed by atoms with Gasteiger partial charge in [-0.3, -0.25) is 9.88 Å². The maximum Gasteiger partial charge on any atom is 0.138 e. The van der Waals surface area contributed by atoms with Crippen LogP contribution in [0, 0.1) is 12.8 Å². The average molecular weight is 392 g/mol. The van der Waals surface area contributed by atoms with E-state index in [2.05, 4.69) is 58.1 Å². The van der Waals surface area contributed by atoms with Crippen LogP contribution in [0.3, 0.4) is 0 Å². The monoisotopic (exact) mass is 391 g/mol. The van der Waals surface area contributed by atoms with Crippen LogP contribution in [-0.4, -0.2) is 44.4 Å². The van der Waals surface area contributed by atoms with E-state index in [9.17, 15) is 0 Å². The summed E-state index contributed by atoms with van der Waals surface area (Å²) in [5.41, 5.74) is 4.85. The zero-order valence-electron chi connectivity index (χ0n) is 17.2. The molecule has 1 saturated heterocycles. The second-order valence-electron chi connectivity index (χ2n) is 7.91. The Balaban J connectivity index is 1.55. The minimum Gasteiger partial charge on any atom is -0.381 e. The lowest BCUT2D eigenvalue weighted by Crippen LogP contribution is -2.34. The van der Waals surface area contributed by atoms with E-state index in [1.54, 1.807) is 12.7 Å². The predicted molar refractivity (Wildman–Crippen MR) is 113 cm³/mol. The maximum absolute atomic E-state index is 5.57. The predicted octanol–water partition coefficient (Wildman–Crippen LogP) is 3.96. The van der Waals surface area contributed by atoms with Gasteiger partial charge in [-0.25, -0.2) is 9.67 Å². The van der Waals surface area contributed by atoms with Crippen molar-refractivity contribution in [1.82, 2.24) is 24.6 Å². The van der Waals surface area contributed by atoms with E-state index in [1.165, 1.54) is 16.7 Å². The van der Waals surface area contributed by atoms with Crippen molar-refractivity contribution in [2.24, 2.45) is 5.92 Å². The normalized spacial score (nSPS) is 16.2. The molecular formula is C23H29N5O. The van der Waals surface area contributed by atoms with Crippen LogP contribution in [0.4, 0.5) is 0 Å². The van der Waals surface area contributed by atoms with Gasteiger partial charge in [0.25, 0.3) is 0 Å². The van der Waals surface area contributed by atoms with Crippen molar-refractivity contribution in [1.29, 1.82) is 0 Å². The van der Waals surface area contributed by atoms with Gasteiger partial charge in [-0.2, -0.15) is 5.10 Å². The van der Waals surface area contributed by atoms with E-state index < -0.39 is 0 Å². The highest BCUT2D eigenvalue weighted by molar-refractivity contribution is 5.41. The van der Waals surface area contributed by atoms with Gasteiger partial charge < -0.3 is 4.74 Å². The number of ether oxygens (including phenoxy) is 1. The van der Waals surface area contributed by atoms with Crippen LogP contribution in [0.25, 0.3) is 5.69 Å². The minimum atomic E-state index is 0.307. The molecule has 0 saturated carbocycles. The van der Waals surface area contributed by atoms with Crippen molar-refractivity contribution in [2.75, 3.05) is 19.8 Å². The van der Waals surface area contributed by atoms with Crippen molar-refractivity contribution >= 4 is 0 Å². The fourth-order valence-electron chi connectivity index (χ4n) is 4.09. The van der Waals surface area contributed by atoms with E-state index in [4.69, 9.17) is 4.74 Å². The Hall–Kier alpha value is -2.57. The Kier molecular flexibility index (Phi) is 6.32. The summed E-state index contributed by atoms with van der Waals surface area (Å²) in [6, 6.07) is 11.1. The number of benzene rings is 1. The molecule has 152 valence electrons. The largest absolute Gasteiger partial charge is 0.381 e. The zero-order chi connectivity index (χ0) is 20.1. The first-order chi connectivity index (χ1) is 14.2. The van der Waals surface area contributed by atoms with Crippen molar-refractivity contribution < 1.29 is 4.74 Å². The first-order valence-electron chi connectivity index (χ1n) is 10.4. The molecule has 0 radical (unpaired) electrons. The van der Waals surface area contributed by atoms with Crippen molar-refractivity contribution in [3.8, 4) is 5.69 Å². The van der Waals surface area contributed by atoms with Crippen LogP contribution in [0.1, 0.15) is 42.5 Å². The molecule has 1 atom stereocenters. The number of hydrogen-bond donors (Lipinski definition) is 0. The quantitative estimate of drug-likeness (QED) is 0.610. The molecule has 1 aliphatic rings. The summed E-state index contributed by atoms with van der Waals surface area (Å²) >= 11 is 0. The first-order valence-corrected chi connectivity index (χ1v) is 10.4. The first kappa shape index (κ1) is 19.7. The second kappa shape index (κ2) is 9.29. The van der Waals surface area contributed by atoms with Gasteiger partial charge in [0.1, 0.15) is 12.7 Å². The Morgan fingerprint density at radius 2 is 2.07 bits per heavy atom. The lowest BCUT2D eigenvalue weighted by molar-refractivity contribution is 0.0446. The molecule has 1 fully saturated rings. The highest BCUT2D eigenvalue weighted by Crippen LogP contribution is 2.27. The van der Waals surface area contributed by atoms with Crippen molar-refractivity contribution in [3.63, 3.8) is 0 Å². The summed E-state index contributed by atoms with van der Waals surface area (Å²) < 4.78 is 7.38. The summed E-state index contributed by atoms with van der Waals surface area (Å²) in [6.45, 7) is 8.16. The van der Waals surface area contributed by atoms with E-state index in [0.717, 1.165) is 44.8 Å². The summed E-state index contributed by atoms with van der Waals surface area (Å²) in [5, 5.41) is 4.26. The van der Waals surface area contributed by atoms with Crippen LogP contribution in [0.5, 0.6) is 0 Å². The standard InChI is InChI=1S/C23H29N5O/c1-18-12-21(5-6-23(18)28-17-25-16-26-28)15-27(14-20-7-10-29-11-8-20)19(2)22-4-3-9-24-13-22/h3-6,9,12-13,16-17,19-20H,7-8,10-11,14-15H2,1-2H3. The van der Waals surface area contributed by atoms with E-state index >= 15 is 0 Å². The molecule has 2 aromatic heterocycles. The number of aromatic nitrogens is 4. The fraction of sp³-hybridized carbons (Fsp3) is 0.435. The van der Waals surface area contributed by atoms with Gasteiger partial charge in [0.2, 0.25) is 0 Å². The van der Waals surface area contributed by atoms with Gasteiger partial charge >= 0.3 is 0 Å². The third-order valence-electron chi connectivity index (χ3n) is 5.86. The molecule has 0 N–H and O–H groups in total. The zero-order valence-corrected chi connectivity index (χ0v) is 17.2. The lowest BCUT2D eigenvalue weighted by atomic mass is 9.97. The highest BCUT2D eigenvalue weighted by atomic mass is 16.5. The molecule has 4 rings (SSSR count). The molecule has 1 unspecified atom stereocenters. The van der Waals surface area contributed by atoms with Gasteiger partial charge in [0, 0.05) is 44.7 Å². The Morgan fingerprint density at radius 1 is 1.21 bits per heavy atom. The van der Waals surface area contributed by atoms with Gasteiger partial charge in [0.05, 0.1) is 5.69 Å². The molecule has 0 spiro atoms. The number of hydrogen-bond acceptors (Lipinski definition) is 5. The third-order valence-corrected chi connectivity index (χ3v) is 5.86. The summed E-state index contributed by atoms with van der Waals surface area (Å²) in [4.78, 5) is 11.0. The fourth-order valence-corrected chi connectivity index (χ4v) is 4.09. The number of pyridine rings is 1. The van der Waals surface area contributed by atoms with Gasteiger partial charge in [0.15, 0.2) is 0 Å². The Bertz CT molecular complexity index is 891. The van der Waals surface area contributed by atoms with E-state index in [-0.39, 0.29) is 0 Å². The highest BCUT2D eigenvalue weighted by Gasteiger charge is 2.22. The molecule has 0 amide bonds. The Labute approximate surface area is 172 Å². The van der Waals surface area contributed by atoms with Gasteiger partial charge in [-0.15, -0.1) is 0 Å². The second-order valence-corrected chi connectivity index (χ2v) is 7.91. The minimum absolute atomic E-state index is 0.307. The average Bonchev–Trinajstić information content (AvgIpc) is 3.29. The molecule has 3 heterocycles. The van der Waals surface area contributed by atoms with Crippen LogP contribution >= 0.6 is 0 Å². The molecule has 1 aromatic carbocycles. The molecule has 6 nitrogen and oxygen atoms in total. The molecule has 29 heavy (non-hydrogen) atoms. The van der Waals surface area contributed by atoms with Crippen molar-refractivity contribution in [2.45, 2.75) is 39.3 Å². The SMILES string of the molecule is Cc1cc(CN(CC2CCOCC2)C(C)c2cccnc2)ccc1-n1cncn1. The molecule has 1 aliphatic heterocycles.